The Kier molecular flexibility index (Phi) is 9.32. The van der Waals surface area contributed by atoms with Gasteiger partial charge in [0.25, 0.3) is 0 Å². The average Bonchev–Trinajstić information content (AvgIpc) is 3.48. The predicted octanol–water partition coefficient (Wildman–Crippen LogP) is 7.79. The zero-order chi connectivity index (χ0) is 32.0. The Hall–Kier alpha value is -5.38. The molecule has 5 rings (SSSR count). The van der Waals surface area contributed by atoms with Crippen molar-refractivity contribution < 1.29 is 22.8 Å². The molecule has 7 nitrogen and oxygen atoms in total. The van der Waals surface area contributed by atoms with Gasteiger partial charge in [-0.1, -0.05) is 66.7 Å². The van der Waals surface area contributed by atoms with Gasteiger partial charge in [0.2, 0.25) is 5.91 Å². The zero-order valence-corrected chi connectivity index (χ0v) is 24.7. The second-order valence-corrected chi connectivity index (χ2v) is 10.5. The van der Waals surface area contributed by atoms with Crippen molar-refractivity contribution in [1.29, 1.82) is 0 Å². The van der Waals surface area contributed by atoms with E-state index in [0.29, 0.717) is 17.7 Å². The average molecular weight is 612 g/mol. The number of hydrogen-bond acceptors (Lipinski definition) is 3. The third-order valence-corrected chi connectivity index (χ3v) is 7.39. The highest BCUT2D eigenvalue weighted by Crippen LogP contribution is 2.32. The number of alkyl halides is 3. The van der Waals surface area contributed by atoms with Gasteiger partial charge in [-0.3, -0.25) is 4.79 Å². The molecule has 1 atom stereocenters. The molecule has 0 radical (unpaired) electrons. The van der Waals surface area contributed by atoms with Crippen molar-refractivity contribution in [3.05, 3.63) is 126 Å². The van der Waals surface area contributed by atoms with Crippen LogP contribution in [0, 0.1) is 0 Å². The van der Waals surface area contributed by atoms with Gasteiger partial charge in [-0.25, -0.2) is 9.48 Å². The number of nitrogens with one attached hydrogen (secondary N) is 3. The quantitative estimate of drug-likeness (QED) is 0.159. The van der Waals surface area contributed by atoms with Gasteiger partial charge in [0.05, 0.1) is 28.7 Å². The molecule has 3 amide bonds. The number of carbonyl (C=O) groups excluding carboxylic acids is 2. The summed E-state index contributed by atoms with van der Waals surface area (Å²) in [7, 11) is 1.59. The van der Waals surface area contributed by atoms with Crippen LogP contribution >= 0.6 is 0 Å². The van der Waals surface area contributed by atoms with Gasteiger partial charge in [-0.2, -0.15) is 18.3 Å². The van der Waals surface area contributed by atoms with Crippen molar-refractivity contribution in [3.8, 4) is 28.1 Å². The number of aryl methyl sites for hydroxylation is 1. The molecule has 0 saturated carbocycles. The Labute approximate surface area is 259 Å². The van der Waals surface area contributed by atoms with Gasteiger partial charge in [0.1, 0.15) is 0 Å². The Bertz CT molecular complexity index is 1750. The molecule has 1 aromatic heterocycles. The fraction of sp³-hybridized carbons (Fsp3) is 0.171. The molecular weight excluding hydrogens is 579 g/mol. The molecule has 0 aliphatic rings. The van der Waals surface area contributed by atoms with Crippen molar-refractivity contribution in [2.24, 2.45) is 0 Å². The molecule has 4 aromatic carbocycles. The van der Waals surface area contributed by atoms with E-state index in [9.17, 15) is 22.8 Å². The third kappa shape index (κ3) is 7.77. The summed E-state index contributed by atoms with van der Waals surface area (Å²) >= 11 is 0. The molecule has 3 N–H and O–H groups in total. The first-order valence-electron chi connectivity index (χ1n) is 14.4. The van der Waals surface area contributed by atoms with Gasteiger partial charge in [0, 0.05) is 31.1 Å². The number of anilines is 1. The van der Waals surface area contributed by atoms with E-state index in [1.807, 2.05) is 79.7 Å². The second-order valence-electron chi connectivity index (χ2n) is 10.5. The number of amides is 3. The van der Waals surface area contributed by atoms with Crippen LogP contribution in [-0.4, -0.2) is 28.8 Å². The Morgan fingerprint density at radius 3 is 2.02 bits per heavy atom. The van der Waals surface area contributed by atoms with Crippen molar-refractivity contribution in [2.45, 2.75) is 32.0 Å². The SMILES string of the molecule is CNC(=O)CCc1cc(-c2ccc(-c3ccc(C(F)(F)F)cc3)cc2)n(-c2ccc(NC(=O)NC(C)c3ccccc3)cc2)n1. The first-order valence-corrected chi connectivity index (χ1v) is 14.4. The maximum Gasteiger partial charge on any atom is 0.416 e. The van der Waals surface area contributed by atoms with Gasteiger partial charge < -0.3 is 16.0 Å². The third-order valence-electron chi connectivity index (χ3n) is 7.39. The van der Waals surface area contributed by atoms with Crippen molar-refractivity contribution in [2.75, 3.05) is 12.4 Å². The van der Waals surface area contributed by atoms with Gasteiger partial charge in [-0.05, 0) is 66.1 Å². The number of benzene rings is 4. The van der Waals surface area contributed by atoms with E-state index in [0.717, 1.165) is 45.9 Å². The number of urea groups is 1. The first-order chi connectivity index (χ1) is 21.6. The highest BCUT2D eigenvalue weighted by molar-refractivity contribution is 5.89. The molecular formula is C35H32F3N5O2. The van der Waals surface area contributed by atoms with Crippen LogP contribution in [0.5, 0.6) is 0 Å². The standard InChI is InChI=1S/C35H32F3N5O2/c1-23(24-6-4-3-5-7-24)40-34(45)41-29-16-19-31(20-17-29)43-32(22-30(42-43)18-21-33(44)39-2)27-10-8-25(9-11-27)26-12-14-28(15-13-26)35(36,37)38/h3-17,19-20,22-23H,18,21H2,1-2H3,(H,39,44)(H2,40,41,45). The fourth-order valence-corrected chi connectivity index (χ4v) is 4.88. The van der Waals surface area contributed by atoms with Crippen LogP contribution in [-0.2, 0) is 17.4 Å². The maximum atomic E-state index is 13.0. The monoisotopic (exact) mass is 611 g/mol. The number of carbonyl (C=O) groups is 2. The molecule has 0 fully saturated rings. The molecule has 0 aliphatic heterocycles. The highest BCUT2D eigenvalue weighted by atomic mass is 19.4. The van der Waals surface area contributed by atoms with Crippen molar-refractivity contribution >= 4 is 17.6 Å². The summed E-state index contributed by atoms with van der Waals surface area (Å²) < 4.78 is 40.7. The lowest BCUT2D eigenvalue weighted by Gasteiger charge is -2.15. The fourth-order valence-electron chi connectivity index (χ4n) is 4.88. The number of rotatable bonds is 9. The van der Waals surface area contributed by atoms with E-state index in [1.165, 1.54) is 12.1 Å². The van der Waals surface area contributed by atoms with Crippen LogP contribution in [0.15, 0.2) is 109 Å². The zero-order valence-electron chi connectivity index (χ0n) is 24.7. The molecule has 10 heteroatoms. The van der Waals surface area contributed by atoms with E-state index in [2.05, 4.69) is 16.0 Å². The summed E-state index contributed by atoms with van der Waals surface area (Å²) in [6.07, 6.45) is -3.68. The molecule has 45 heavy (non-hydrogen) atoms. The molecule has 0 aliphatic carbocycles. The summed E-state index contributed by atoms with van der Waals surface area (Å²) in [5.41, 5.74) is 5.41. The number of halogens is 3. The maximum absolute atomic E-state index is 13.0. The van der Waals surface area contributed by atoms with Crippen LogP contribution < -0.4 is 16.0 Å². The molecule has 1 heterocycles. The largest absolute Gasteiger partial charge is 0.416 e. The van der Waals surface area contributed by atoms with Crippen LogP contribution in [0.25, 0.3) is 28.1 Å². The van der Waals surface area contributed by atoms with E-state index in [-0.39, 0.29) is 24.4 Å². The summed E-state index contributed by atoms with van der Waals surface area (Å²) in [5, 5.41) is 13.2. The normalized spacial score (nSPS) is 11.9. The Morgan fingerprint density at radius 1 is 0.822 bits per heavy atom. The number of hydrogen-bond donors (Lipinski definition) is 3. The van der Waals surface area contributed by atoms with Gasteiger partial charge in [-0.15, -0.1) is 0 Å². The minimum absolute atomic E-state index is 0.0951. The topological polar surface area (TPSA) is 88.0 Å². The van der Waals surface area contributed by atoms with E-state index in [1.54, 1.807) is 23.9 Å². The predicted molar refractivity (Wildman–Crippen MR) is 169 cm³/mol. The van der Waals surface area contributed by atoms with E-state index >= 15 is 0 Å². The first kappa shape index (κ1) is 31.1. The number of aromatic nitrogens is 2. The molecule has 0 bridgehead atoms. The lowest BCUT2D eigenvalue weighted by atomic mass is 10.0. The summed E-state index contributed by atoms with van der Waals surface area (Å²) in [6, 6.07) is 30.9. The minimum Gasteiger partial charge on any atom is -0.359 e. The lowest BCUT2D eigenvalue weighted by molar-refractivity contribution is -0.137. The van der Waals surface area contributed by atoms with Crippen LogP contribution in [0.3, 0.4) is 0 Å². The minimum atomic E-state index is -4.39. The Balaban J connectivity index is 1.36. The lowest BCUT2D eigenvalue weighted by Crippen LogP contribution is -2.31. The molecule has 230 valence electrons. The summed E-state index contributed by atoms with van der Waals surface area (Å²) in [5.74, 6) is -0.0951. The molecule has 5 aromatic rings. The molecule has 0 saturated heterocycles. The molecule has 1 unspecified atom stereocenters. The van der Waals surface area contributed by atoms with Crippen LogP contribution in [0.2, 0.25) is 0 Å². The Morgan fingerprint density at radius 2 is 1.42 bits per heavy atom. The highest BCUT2D eigenvalue weighted by Gasteiger charge is 2.30. The number of nitrogens with zero attached hydrogens (tertiary/aromatic N) is 2. The summed E-state index contributed by atoms with van der Waals surface area (Å²) in [4.78, 5) is 24.5. The van der Waals surface area contributed by atoms with Crippen molar-refractivity contribution in [3.63, 3.8) is 0 Å². The second kappa shape index (κ2) is 13.5. The molecule has 0 spiro atoms. The van der Waals surface area contributed by atoms with Gasteiger partial charge in [0.15, 0.2) is 0 Å². The van der Waals surface area contributed by atoms with E-state index < -0.39 is 11.7 Å². The smallest absolute Gasteiger partial charge is 0.359 e. The van der Waals surface area contributed by atoms with Crippen LogP contribution in [0.1, 0.15) is 36.2 Å². The summed E-state index contributed by atoms with van der Waals surface area (Å²) in [6.45, 7) is 1.91. The van der Waals surface area contributed by atoms with E-state index in [4.69, 9.17) is 5.10 Å². The van der Waals surface area contributed by atoms with Gasteiger partial charge >= 0.3 is 12.2 Å². The van der Waals surface area contributed by atoms with Crippen molar-refractivity contribution in [1.82, 2.24) is 20.4 Å². The van der Waals surface area contributed by atoms with Crippen LogP contribution in [0.4, 0.5) is 23.7 Å².